The molecule has 134 valence electrons. The number of nitrogens with one attached hydrogen (secondary N) is 2. The lowest BCUT2D eigenvalue weighted by atomic mass is 10.1. The molecule has 0 spiro atoms. The van der Waals surface area contributed by atoms with Gasteiger partial charge in [-0.25, -0.2) is 18.1 Å². The van der Waals surface area contributed by atoms with Crippen molar-refractivity contribution in [1.29, 1.82) is 0 Å². The topological polar surface area (TPSA) is 88.2 Å². The van der Waals surface area contributed by atoms with Crippen LogP contribution in [0.3, 0.4) is 0 Å². The molecule has 0 bridgehead atoms. The van der Waals surface area contributed by atoms with Crippen LogP contribution in [0.5, 0.6) is 0 Å². The normalized spacial score (nSPS) is 11.4. The number of sulfonamides is 1. The summed E-state index contributed by atoms with van der Waals surface area (Å²) in [5.74, 6) is 0.197. The van der Waals surface area contributed by atoms with Gasteiger partial charge in [0.15, 0.2) is 0 Å². The Labute approximate surface area is 148 Å². The van der Waals surface area contributed by atoms with Crippen molar-refractivity contribution in [3.63, 3.8) is 0 Å². The molecule has 0 aliphatic heterocycles. The number of anilines is 1. The number of hydrogen-bond donors (Lipinski definition) is 2. The second-order valence-electron chi connectivity index (χ2n) is 6.09. The van der Waals surface area contributed by atoms with Crippen LogP contribution >= 0.6 is 0 Å². The van der Waals surface area contributed by atoms with E-state index in [0.29, 0.717) is 16.9 Å². The SMILES string of the molecule is Cc1cc(C)c(S(=O)(=O)NCCC(=O)Nc2ncccc2C)c(C)c1. The molecule has 25 heavy (non-hydrogen) atoms. The van der Waals surface area contributed by atoms with Crippen LogP contribution in [-0.2, 0) is 14.8 Å². The second-order valence-corrected chi connectivity index (χ2v) is 7.80. The molecule has 0 unspecified atom stereocenters. The molecule has 0 saturated carbocycles. The number of pyridine rings is 1. The summed E-state index contributed by atoms with van der Waals surface area (Å²) in [5.41, 5.74) is 3.25. The van der Waals surface area contributed by atoms with Crippen molar-refractivity contribution in [3.8, 4) is 0 Å². The van der Waals surface area contributed by atoms with Gasteiger partial charge >= 0.3 is 0 Å². The number of carbonyl (C=O) groups excluding carboxylic acids is 1. The van der Waals surface area contributed by atoms with Crippen LogP contribution in [0.1, 0.15) is 28.7 Å². The van der Waals surface area contributed by atoms with Crippen molar-refractivity contribution in [2.75, 3.05) is 11.9 Å². The van der Waals surface area contributed by atoms with Crippen molar-refractivity contribution in [1.82, 2.24) is 9.71 Å². The number of rotatable bonds is 6. The molecule has 2 aromatic rings. The van der Waals surface area contributed by atoms with E-state index in [-0.39, 0.29) is 23.8 Å². The Morgan fingerprint density at radius 3 is 2.32 bits per heavy atom. The third-order valence-corrected chi connectivity index (χ3v) is 5.55. The number of hydrogen-bond acceptors (Lipinski definition) is 4. The Bertz CT molecular complexity index is 869. The molecule has 0 radical (unpaired) electrons. The van der Waals surface area contributed by atoms with E-state index in [1.807, 2.05) is 32.0 Å². The van der Waals surface area contributed by atoms with E-state index in [2.05, 4.69) is 15.0 Å². The van der Waals surface area contributed by atoms with Gasteiger partial charge in [-0.15, -0.1) is 0 Å². The second kappa shape index (κ2) is 7.76. The van der Waals surface area contributed by atoms with E-state index >= 15 is 0 Å². The summed E-state index contributed by atoms with van der Waals surface area (Å²) in [6, 6.07) is 7.29. The van der Waals surface area contributed by atoms with Crippen molar-refractivity contribution >= 4 is 21.7 Å². The first-order chi connectivity index (χ1) is 11.7. The lowest BCUT2D eigenvalue weighted by Crippen LogP contribution is -2.29. The highest BCUT2D eigenvalue weighted by atomic mass is 32.2. The number of aromatic nitrogens is 1. The first kappa shape index (κ1) is 19.1. The number of amides is 1. The molecule has 1 heterocycles. The lowest BCUT2D eigenvalue weighted by Gasteiger charge is -2.13. The van der Waals surface area contributed by atoms with Crippen molar-refractivity contribution in [2.45, 2.75) is 39.0 Å². The molecular weight excluding hydrogens is 338 g/mol. The lowest BCUT2D eigenvalue weighted by molar-refractivity contribution is -0.116. The summed E-state index contributed by atoms with van der Waals surface area (Å²) >= 11 is 0. The monoisotopic (exact) mass is 361 g/mol. The van der Waals surface area contributed by atoms with Gasteiger partial charge in [-0.1, -0.05) is 23.8 Å². The summed E-state index contributed by atoms with van der Waals surface area (Å²) in [6.45, 7) is 7.32. The van der Waals surface area contributed by atoms with Crippen LogP contribution in [0.25, 0.3) is 0 Å². The Morgan fingerprint density at radius 2 is 1.72 bits per heavy atom. The van der Waals surface area contributed by atoms with Crippen LogP contribution in [0.15, 0.2) is 35.4 Å². The van der Waals surface area contributed by atoms with Gasteiger partial charge in [-0.3, -0.25) is 4.79 Å². The van der Waals surface area contributed by atoms with Gasteiger partial charge < -0.3 is 5.32 Å². The van der Waals surface area contributed by atoms with Gasteiger partial charge in [0.1, 0.15) is 5.82 Å². The first-order valence-corrected chi connectivity index (χ1v) is 9.48. The Hall–Kier alpha value is -2.25. The minimum Gasteiger partial charge on any atom is -0.310 e. The molecule has 2 rings (SSSR count). The average Bonchev–Trinajstić information content (AvgIpc) is 2.48. The van der Waals surface area contributed by atoms with Crippen molar-refractivity contribution < 1.29 is 13.2 Å². The fourth-order valence-electron chi connectivity index (χ4n) is 2.77. The molecule has 0 aliphatic carbocycles. The number of carbonyl (C=O) groups is 1. The van der Waals surface area contributed by atoms with E-state index in [1.165, 1.54) is 0 Å². The predicted octanol–water partition coefficient (Wildman–Crippen LogP) is 2.62. The van der Waals surface area contributed by atoms with Crippen molar-refractivity contribution in [2.24, 2.45) is 0 Å². The fraction of sp³-hybridized carbons (Fsp3) is 0.333. The van der Waals surface area contributed by atoms with Crippen LogP contribution in [0.4, 0.5) is 5.82 Å². The predicted molar refractivity (Wildman–Crippen MR) is 98.1 cm³/mol. The Balaban J connectivity index is 1.99. The van der Waals surface area contributed by atoms with E-state index < -0.39 is 10.0 Å². The maximum Gasteiger partial charge on any atom is 0.241 e. The third kappa shape index (κ3) is 4.87. The molecule has 0 fully saturated rings. The molecule has 1 amide bonds. The van der Waals surface area contributed by atoms with E-state index in [1.54, 1.807) is 26.1 Å². The minimum absolute atomic E-state index is 0.0206. The maximum atomic E-state index is 12.5. The summed E-state index contributed by atoms with van der Waals surface area (Å²) in [6.07, 6.45) is 1.62. The highest BCUT2D eigenvalue weighted by Crippen LogP contribution is 2.21. The molecule has 0 aliphatic rings. The largest absolute Gasteiger partial charge is 0.310 e. The summed E-state index contributed by atoms with van der Waals surface area (Å²) in [7, 11) is -3.66. The third-order valence-electron chi connectivity index (χ3n) is 3.78. The fourth-order valence-corrected chi connectivity index (χ4v) is 4.25. The molecule has 1 aromatic heterocycles. The van der Waals surface area contributed by atoms with Gasteiger partial charge in [0.25, 0.3) is 0 Å². The Kier molecular flexibility index (Phi) is 5.92. The van der Waals surface area contributed by atoms with Gasteiger partial charge in [0.05, 0.1) is 4.90 Å². The zero-order valence-electron chi connectivity index (χ0n) is 14.9. The summed E-state index contributed by atoms with van der Waals surface area (Å²) in [5, 5.41) is 2.68. The smallest absolute Gasteiger partial charge is 0.241 e. The van der Waals surface area contributed by atoms with Gasteiger partial charge in [-0.05, 0) is 50.5 Å². The van der Waals surface area contributed by atoms with Crippen LogP contribution in [0, 0.1) is 27.7 Å². The van der Waals surface area contributed by atoms with Gasteiger partial charge in [0.2, 0.25) is 15.9 Å². The van der Waals surface area contributed by atoms with E-state index in [9.17, 15) is 13.2 Å². The van der Waals surface area contributed by atoms with Gasteiger partial charge in [0, 0.05) is 19.2 Å². The van der Waals surface area contributed by atoms with E-state index in [0.717, 1.165) is 11.1 Å². The molecule has 2 N–H and O–H groups in total. The highest BCUT2D eigenvalue weighted by molar-refractivity contribution is 7.89. The minimum atomic E-state index is -3.66. The standard InChI is InChI=1S/C18H23N3O3S/c1-12-10-14(3)17(15(4)11-12)25(23,24)20-9-7-16(22)21-18-13(2)6-5-8-19-18/h5-6,8,10-11,20H,7,9H2,1-4H3,(H,19,21,22). The maximum absolute atomic E-state index is 12.5. The quantitative estimate of drug-likeness (QED) is 0.828. The number of aryl methyl sites for hydroxylation is 4. The summed E-state index contributed by atoms with van der Waals surface area (Å²) < 4.78 is 27.5. The Morgan fingerprint density at radius 1 is 1.08 bits per heavy atom. The number of benzene rings is 1. The van der Waals surface area contributed by atoms with Crippen LogP contribution in [0.2, 0.25) is 0 Å². The highest BCUT2D eigenvalue weighted by Gasteiger charge is 2.19. The molecular formula is C18H23N3O3S. The average molecular weight is 361 g/mol. The molecule has 1 aromatic carbocycles. The van der Waals surface area contributed by atoms with Crippen LogP contribution in [-0.4, -0.2) is 25.9 Å². The first-order valence-electron chi connectivity index (χ1n) is 7.99. The van der Waals surface area contributed by atoms with Crippen molar-refractivity contribution in [3.05, 3.63) is 52.7 Å². The summed E-state index contributed by atoms with van der Waals surface area (Å²) in [4.78, 5) is 16.3. The zero-order chi connectivity index (χ0) is 18.6. The number of nitrogens with zero attached hydrogens (tertiary/aromatic N) is 1. The molecule has 0 atom stereocenters. The van der Waals surface area contributed by atoms with Gasteiger partial charge in [-0.2, -0.15) is 0 Å². The molecule has 0 saturated heterocycles. The van der Waals surface area contributed by atoms with E-state index in [4.69, 9.17) is 0 Å². The molecule has 6 nitrogen and oxygen atoms in total. The molecule has 7 heteroatoms. The zero-order valence-corrected chi connectivity index (χ0v) is 15.7. The van der Waals surface area contributed by atoms with Crippen LogP contribution < -0.4 is 10.0 Å².